The molecule has 1 aromatic carbocycles. The second-order valence-electron chi connectivity index (χ2n) is 6.93. The maximum atomic E-state index is 12.5. The summed E-state index contributed by atoms with van der Waals surface area (Å²) in [7, 11) is -3.66. The molecular weight excluding hydrogens is 446 g/mol. The van der Waals surface area contributed by atoms with Crippen molar-refractivity contribution in [2.24, 2.45) is 5.92 Å². The van der Waals surface area contributed by atoms with Crippen molar-refractivity contribution in [1.29, 1.82) is 0 Å². The largest absolute Gasteiger partial charge is 0.356 e. The number of carbonyl (C=O) groups excluding carboxylic acids is 2. The minimum Gasteiger partial charge on any atom is -0.356 e. The summed E-state index contributed by atoms with van der Waals surface area (Å²) in [6, 6.07) is 6.40. The molecule has 1 saturated heterocycles. The number of amides is 2. The van der Waals surface area contributed by atoms with Gasteiger partial charge in [0.15, 0.2) is 0 Å². The van der Waals surface area contributed by atoms with Crippen molar-refractivity contribution in [3.8, 4) is 0 Å². The lowest BCUT2D eigenvalue weighted by Crippen LogP contribution is -2.46. The van der Waals surface area contributed by atoms with Crippen LogP contribution in [0.3, 0.4) is 0 Å². The summed E-state index contributed by atoms with van der Waals surface area (Å²) in [5.74, 6) is -0.322. The lowest BCUT2D eigenvalue weighted by molar-refractivity contribution is -0.135. The van der Waals surface area contributed by atoms with Gasteiger partial charge in [-0.1, -0.05) is 35.3 Å². The Bertz CT molecular complexity index is 785. The molecule has 1 unspecified atom stereocenters. The zero-order chi connectivity index (χ0) is 20.6. The summed E-state index contributed by atoms with van der Waals surface area (Å²) in [5, 5.41) is 2.93. The van der Waals surface area contributed by atoms with Crippen LogP contribution in [0.25, 0.3) is 0 Å². The first-order valence-electron chi connectivity index (χ1n) is 9.64. The highest BCUT2D eigenvalue weighted by molar-refractivity contribution is 9.10. The standard InChI is InChI=1S/C19H28BrN3O4S/c1-2-3-10-21-19(25)15-6-5-12-23(14-15)18(24)9-11-22-28(26,27)17-8-4-7-16(20)13-17/h4,7-8,13,15,22H,2-3,5-6,9-12,14H2,1H3,(H,21,25). The van der Waals surface area contributed by atoms with Gasteiger partial charge in [0, 0.05) is 37.1 Å². The van der Waals surface area contributed by atoms with Crippen molar-refractivity contribution >= 4 is 37.8 Å². The summed E-state index contributed by atoms with van der Waals surface area (Å²) in [4.78, 5) is 26.5. The molecule has 0 spiro atoms. The van der Waals surface area contributed by atoms with Crippen molar-refractivity contribution in [3.05, 3.63) is 28.7 Å². The maximum absolute atomic E-state index is 12.5. The number of benzene rings is 1. The van der Waals surface area contributed by atoms with Gasteiger partial charge in [0.05, 0.1) is 10.8 Å². The Morgan fingerprint density at radius 3 is 2.79 bits per heavy atom. The Labute approximate surface area is 175 Å². The summed E-state index contributed by atoms with van der Waals surface area (Å²) in [5.41, 5.74) is 0. The molecule has 2 N–H and O–H groups in total. The molecule has 1 fully saturated rings. The third-order valence-corrected chi connectivity index (χ3v) is 6.66. The first-order chi connectivity index (χ1) is 13.3. The van der Waals surface area contributed by atoms with E-state index in [1.807, 2.05) is 0 Å². The van der Waals surface area contributed by atoms with Crippen molar-refractivity contribution in [2.75, 3.05) is 26.2 Å². The molecule has 1 aliphatic rings. The van der Waals surface area contributed by atoms with E-state index in [-0.39, 0.29) is 35.6 Å². The van der Waals surface area contributed by atoms with Gasteiger partial charge in [0.1, 0.15) is 0 Å². The summed E-state index contributed by atoms with van der Waals surface area (Å²) in [6.07, 6.45) is 3.58. The van der Waals surface area contributed by atoms with Crippen LogP contribution in [0, 0.1) is 5.92 Å². The van der Waals surface area contributed by atoms with Crippen molar-refractivity contribution in [1.82, 2.24) is 14.9 Å². The zero-order valence-corrected chi connectivity index (χ0v) is 18.5. The SMILES string of the molecule is CCCCNC(=O)C1CCCN(C(=O)CCNS(=O)(=O)c2cccc(Br)c2)C1. The normalized spacial score (nSPS) is 17.4. The third kappa shape index (κ3) is 6.86. The van der Waals surface area contributed by atoms with Gasteiger partial charge in [0.25, 0.3) is 0 Å². The van der Waals surface area contributed by atoms with Crippen LogP contribution in [0.5, 0.6) is 0 Å². The van der Waals surface area contributed by atoms with Crippen LogP contribution in [-0.2, 0) is 19.6 Å². The van der Waals surface area contributed by atoms with E-state index in [0.29, 0.717) is 24.1 Å². The van der Waals surface area contributed by atoms with Gasteiger partial charge in [-0.25, -0.2) is 13.1 Å². The van der Waals surface area contributed by atoms with Crippen molar-refractivity contribution in [2.45, 2.75) is 43.9 Å². The summed E-state index contributed by atoms with van der Waals surface area (Å²) >= 11 is 3.25. The molecule has 7 nitrogen and oxygen atoms in total. The highest BCUT2D eigenvalue weighted by atomic mass is 79.9. The number of hydrogen-bond acceptors (Lipinski definition) is 4. The molecule has 1 aliphatic heterocycles. The van der Waals surface area contributed by atoms with Gasteiger partial charge < -0.3 is 10.2 Å². The first kappa shape index (κ1) is 22.8. The number of sulfonamides is 1. The molecule has 156 valence electrons. The Balaban J connectivity index is 1.81. The van der Waals surface area contributed by atoms with Gasteiger partial charge in [0.2, 0.25) is 21.8 Å². The van der Waals surface area contributed by atoms with Crippen molar-refractivity contribution in [3.63, 3.8) is 0 Å². The van der Waals surface area contributed by atoms with Gasteiger partial charge in [-0.3, -0.25) is 9.59 Å². The van der Waals surface area contributed by atoms with Crippen LogP contribution in [0.2, 0.25) is 0 Å². The lowest BCUT2D eigenvalue weighted by atomic mass is 9.97. The van der Waals surface area contributed by atoms with Gasteiger partial charge in [-0.15, -0.1) is 0 Å². The fourth-order valence-electron chi connectivity index (χ4n) is 3.12. The molecule has 1 atom stereocenters. The average Bonchev–Trinajstić information content (AvgIpc) is 2.68. The van der Waals surface area contributed by atoms with Crippen LogP contribution >= 0.6 is 15.9 Å². The topological polar surface area (TPSA) is 95.6 Å². The number of piperidine rings is 1. The van der Waals surface area contributed by atoms with Crippen LogP contribution in [0.1, 0.15) is 39.0 Å². The number of unbranched alkanes of at least 4 members (excludes halogenated alkanes) is 1. The minimum atomic E-state index is -3.66. The van der Waals surface area contributed by atoms with Gasteiger partial charge >= 0.3 is 0 Å². The second kappa shape index (κ2) is 10.9. The molecule has 0 saturated carbocycles. The number of carbonyl (C=O) groups is 2. The fourth-order valence-corrected chi connectivity index (χ4v) is 4.75. The van der Waals surface area contributed by atoms with Crippen molar-refractivity contribution < 1.29 is 18.0 Å². The molecule has 2 rings (SSSR count). The Kier molecular flexibility index (Phi) is 8.91. The molecule has 1 aromatic rings. The van der Waals surface area contributed by atoms with E-state index < -0.39 is 10.0 Å². The second-order valence-corrected chi connectivity index (χ2v) is 9.61. The number of nitrogens with zero attached hydrogens (tertiary/aromatic N) is 1. The van der Waals surface area contributed by atoms with E-state index in [2.05, 4.69) is 32.9 Å². The molecule has 0 bridgehead atoms. The lowest BCUT2D eigenvalue weighted by Gasteiger charge is -2.32. The number of likely N-dealkylation sites (tertiary alicyclic amines) is 1. The zero-order valence-electron chi connectivity index (χ0n) is 16.1. The van der Waals surface area contributed by atoms with E-state index in [1.165, 1.54) is 12.1 Å². The van der Waals surface area contributed by atoms with Crippen LogP contribution in [-0.4, -0.2) is 51.3 Å². The number of rotatable bonds is 9. The van der Waals surface area contributed by atoms with Gasteiger partial charge in [-0.05, 0) is 37.5 Å². The highest BCUT2D eigenvalue weighted by Crippen LogP contribution is 2.18. The molecule has 28 heavy (non-hydrogen) atoms. The third-order valence-electron chi connectivity index (χ3n) is 4.71. The van der Waals surface area contributed by atoms with Gasteiger partial charge in [-0.2, -0.15) is 0 Å². The van der Waals surface area contributed by atoms with E-state index in [9.17, 15) is 18.0 Å². The Morgan fingerprint density at radius 1 is 1.29 bits per heavy atom. The van der Waals surface area contributed by atoms with E-state index >= 15 is 0 Å². The molecule has 2 amide bonds. The summed E-state index contributed by atoms with van der Waals surface area (Å²) < 4.78 is 27.7. The maximum Gasteiger partial charge on any atom is 0.240 e. The molecular formula is C19H28BrN3O4S. The van der Waals surface area contributed by atoms with E-state index in [4.69, 9.17) is 0 Å². The Hall–Kier alpha value is -1.45. The minimum absolute atomic E-state index is 0.00121. The monoisotopic (exact) mass is 473 g/mol. The number of nitrogens with one attached hydrogen (secondary N) is 2. The highest BCUT2D eigenvalue weighted by Gasteiger charge is 2.28. The number of halogens is 1. The number of hydrogen-bond donors (Lipinski definition) is 2. The van der Waals surface area contributed by atoms with E-state index in [1.54, 1.807) is 17.0 Å². The molecule has 0 aliphatic carbocycles. The fraction of sp³-hybridized carbons (Fsp3) is 0.579. The predicted octanol–water partition coefficient (Wildman–Crippen LogP) is 2.27. The van der Waals surface area contributed by atoms with Crippen LogP contribution in [0.15, 0.2) is 33.6 Å². The smallest absolute Gasteiger partial charge is 0.240 e. The quantitative estimate of drug-likeness (QED) is 0.537. The molecule has 9 heteroatoms. The molecule has 1 heterocycles. The summed E-state index contributed by atoms with van der Waals surface area (Å²) in [6.45, 7) is 3.76. The first-order valence-corrected chi connectivity index (χ1v) is 11.9. The molecule has 0 aromatic heterocycles. The Morgan fingerprint density at radius 2 is 2.07 bits per heavy atom. The van der Waals surface area contributed by atoms with E-state index in [0.717, 1.165) is 25.7 Å². The van der Waals surface area contributed by atoms with Crippen LogP contribution in [0.4, 0.5) is 0 Å². The average molecular weight is 474 g/mol. The predicted molar refractivity (Wildman–Crippen MR) is 111 cm³/mol. The molecule has 0 radical (unpaired) electrons. The van der Waals surface area contributed by atoms with Crippen LogP contribution < -0.4 is 10.0 Å².